The van der Waals surface area contributed by atoms with E-state index < -0.39 is 24.7 Å². The Kier molecular flexibility index (Phi) is 6.16. The van der Waals surface area contributed by atoms with E-state index in [1.54, 1.807) is 23.0 Å². The van der Waals surface area contributed by atoms with Crippen LogP contribution in [0.5, 0.6) is 5.75 Å². The fraction of sp³-hybridized carbons (Fsp3) is 0.143. The summed E-state index contributed by atoms with van der Waals surface area (Å²) in [7, 11) is 0. The van der Waals surface area contributed by atoms with Crippen LogP contribution in [0, 0.1) is 5.82 Å². The Balaban J connectivity index is 1.48. The number of benzene rings is 4. The third-order valence-electron chi connectivity index (χ3n) is 5.96. The van der Waals surface area contributed by atoms with Crippen molar-refractivity contribution in [1.82, 2.24) is 15.1 Å². The zero-order valence-corrected chi connectivity index (χ0v) is 19.1. The van der Waals surface area contributed by atoms with Crippen LogP contribution in [-0.4, -0.2) is 33.4 Å². The maximum absolute atomic E-state index is 13.3. The molecule has 0 bridgehead atoms. The van der Waals surface area contributed by atoms with Crippen LogP contribution in [0.3, 0.4) is 0 Å². The summed E-state index contributed by atoms with van der Waals surface area (Å²) < 4.78 is 21.5. The lowest BCUT2D eigenvalue weighted by Crippen LogP contribution is -2.40. The zero-order valence-electron chi connectivity index (χ0n) is 19.1. The Bertz CT molecular complexity index is 1500. The van der Waals surface area contributed by atoms with Gasteiger partial charge in [0.15, 0.2) is 0 Å². The minimum absolute atomic E-state index is 0.303. The van der Waals surface area contributed by atoms with Gasteiger partial charge in [-0.2, -0.15) is 5.10 Å². The number of ether oxygens (including phenoxy) is 1. The number of nitrogens with zero attached hydrogens (tertiary/aromatic N) is 2. The van der Waals surface area contributed by atoms with Gasteiger partial charge in [-0.1, -0.05) is 36.4 Å². The lowest BCUT2D eigenvalue weighted by Gasteiger charge is -2.26. The van der Waals surface area contributed by atoms with Crippen LogP contribution in [0.25, 0.3) is 27.4 Å². The van der Waals surface area contributed by atoms with Crippen LogP contribution >= 0.6 is 0 Å². The van der Waals surface area contributed by atoms with Gasteiger partial charge in [0.1, 0.15) is 24.3 Å². The Morgan fingerprint density at radius 3 is 2.54 bits per heavy atom. The molecule has 1 heterocycles. The first-order valence-electron chi connectivity index (χ1n) is 11.3. The van der Waals surface area contributed by atoms with Crippen LogP contribution in [0.2, 0.25) is 0 Å². The number of amides is 1. The number of fused-ring (bicyclic) bond motifs is 2. The molecule has 2 atom stereocenters. The number of halogens is 1. The van der Waals surface area contributed by atoms with E-state index in [0.29, 0.717) is 5.75 Å². The van der Waals surface area contributed by atoms with Gasteiger partial charge in [-0.25, -0.2) is 9.07 Å². The second-order valence-corrected chi connectivity index (χ2v) is 8.41. The molecule has 176 valence electrons. The predicted octanol–water partition coefficient (Wildman–Crippen LogP) is 4.93. The molecule has 4 aromatic carbocycles. The Hall–Kier alpha value is -4.23. The van der Waals surface area contributed by atoms with E-state index in [2.05, 4.69) is 10.4 Å². The molecule has 1 aromatic heterocycles. The van der Waals surface area contributed by atoms with Crippen LogP contribution in [0.15, 0.2) is 91.1 Å². The minimum atomic E-state index is -0.594. The Labute approximate surface area is 201 Å². The monoisotopic (exact) mass is 469 g/mol. The number of aromatic nitrogens is 2. The van der Waals surface area contributed by atoms with Gasteiger partial charge in [0, 0.05) is 5.39 Å². The fourth-order valence-electron chi connectivity index (χ4n) is 4.24. The third kappa shape index (κ3) is 4.72. The summed E-state index contributed by atoms with van der Waals surface area (Å²) in [5.74, 6) is -0.162. The van der Waals surface area contributed by atoms with Crippen molar-refractivity contribution in [2.24, 2.45) is 0 Å². The number of hydrogen-bond donors (Lipinski definition) is 2. The fourth-order valence-corrected chi connectivity index (χ4v) is 4.24. The summed E-state index contributed by atoms with van der Waals surface area (Å²) in [6.07, 6.45) is 1.23. The van der Waals surface area contributed by atoms with Gasteiger partial charge in [0.25, 0.3) is 0 Å². The summed E-state index contributed by atoms with van der Waals surface area (Å²) in [6, 6.07) is 25.5. The molecular weight excluding hydrogens is 445 g/mol. The van der Waals surface area contributed by atoms with E-state index in [-0.39, 0.29) is 5.82 Å². The molecule has 0 saturated carbocycles. The molecule has 5 aromatic rings. The number of carbonyl (C=O) groups is 1. The Morgan fingerprint density at radius 2 is 1.77 bits per heavy atom. The molecule has 0 fully saturated rings. The van der Waals surface area contributed by atoms with E-state index in [9.17, 15) is 14.3 Å². The highest BCUT2D eigenvalue weighted by molar-refractivity contribution is 5.84. The van der Waals surface area contributed by atoms with Gasteiger partial charge < -0.3 is 15.2 Å². The standard InChI is InChI=1S/C28H24FN3O3/c1-18(31-27(34)17-33)28(21-7-6-19-4-2-3-5-20(19)14-21)35-25-12-13-26-22(15-25)16-30-32(26)24-10-8-23(29)9-11-24/h2-16,18,28,33H,17H2,1H3,(H,31,34)/t18-,28+/m0/s1. The number of hydrogen-bond acceptors (Lipinski definition) is 4. The van der Waals surface area contributed by atoms with Gasteiger partial charge in [-0.05, 0) is 71.8 Å². The van der Waals surface area contributed by atoms with Crippen molar-refractivity contribution < 1.29 is 19.0 Å². The summed E-state index contributed by atoms with van der Waals surface area (Å²) in [5.41, 5.74) is 2.51. The Morgan fingerprint density at radius 1 is 1.00 bits per heavy atom. The highest BCUT2D eigenvalue weighted by atomic mass is 19.1. The molecule has 0 aliphatic heterocycles. The molecule has 0 unspecified atom stereocenters. The van der Waals surface area contributed by atoms with Gasteiger partial charge >= 0.3 is 0 Å². The first-order valence-corrected chi connectivity index (χ1v) is 11.3. The maximum atomic E-state index is 13.3. The van der Waals surface area contributed by atoms with Gasteiger partial charge in [0.2, 0.25) is 5.91 Å². The van der Waals surface area contributed by atoms with Crippen molar-refractivity contribution in [1.29, 1.82) is 0 Å². The zero-order chi connectivity index (χ0) is 24.4. The highest BCUT2D eigenvalue weighted by Crippen LogP contribution is 2.30. The van der Waals surface area contributed by atoms with Crippen molar-refractivity contribution in [3.63, 3.8) is 0 Å². The number of carbonyl (C=O) groups excluding carboxylic acids is 1. The molecule has 0 aliphatic rings. The van der Waals surface area contributed by atoms with Crippen molar-refractivity contribution >= 4 is 27.6 Å². The predicted molar refractivity (Wildman–Crippen MR) is 133 cm³/mol. The molecule has 7 heteroatoms. The molecule has 0 saturated heterocycles. The highest BCUT2D eigenvalue weighted by Gasteiger charge is 2.24. The lowest BCUT2D eigenvalue weighted by atomic mass is 9.99. The van der Waals surface area contributed by atoms with Crippen LogP contribution in [0.4, 0.5) is 4.39 Å². The van der Waals surface area contributed by atoms with E-state index in [4.69, 9.17) is 4.74 Å². The minimum Gasteiger partial charge on any atom is -0.484 e. The van der Waals surface area contributed by atoms with Crippen molar-refractivity contribution in [2.45, 2.75) is 19.1 Å². The van der Waals surface area contributed by atoms with E-state index in [1.165, 1.54) is 12.1 Å². The summed E-state index contributed by atoms with van der Waals surface area (Å²) in [5, 5.41) is 19.5. The van der Waals surface area contributed by atoms with E-state index in [0.717, 1.165) is 32.9 Å². The van der Waals surface area contributed by atoms with Gasteiger partial charge in [0.05, 0.1) is 23.4 Å². The van der Waals surface area contributed by atoms with Crippen LogP contribution < -0.4 is 10.1 Å². The second-order valence-electron chi connectivity index (χ2n) is 8.41. The van der Waals surface area contributed by atoms with Crippen LogP contribution in [0.1, 0.15) is 18.6 Å². The van der Waals surface area contributed by atoms with Gasteiger partial charge in [-0.3, -0.25) is 4.79 Å². The number of rotatable bonds is 7. The molecule has 0 spiro atoms. The summed E-state index contributed by atoms with van der Waals surface area (Å²) >= 11 is 0. The number of nitrogens with one attached hydrogen (secondary N) is 1. The van der Waals surface area contributed by atoms with Crippen molar-refractivity contribution in [3.05, 3.63) is 103 Å². The van der Waals surface area contributed by atoms with Crippen LogP contribution in [-0.2, 0) is 4.79 Å². The maximum Gasteiger partial charge on any atom is 0.246 e. The largest absolute Gasteiger partial charge is 0.484 e. The third-order valence-corrected chi connectivity index (χ3v) is 5.96. The lowest BCUT2D eigenvalue weighted by molar-refractivity contribution is -0.125. The van der Waals surface area contributed by atoms with E-state index >= 15 is 0 Å². The van der Waals surface area contributed by atoms with Crippen molar-refractivity contribution in [2.75, 3.05) is 6.61 Å². The first-order chi connectivity index (χ1) is 17.0. The molecule has 0 radical (unpaired) electrons. The number of aliphatic hydroxyl groups is 1. The first kappa shape index (κ1) is 22.6. The average molecular weight is 470 g/mol. The quantitative estimate of drug-likeness (QED) is 0.354. The summed E-state index contributed by atoms with van der Waals surface area (Å²) in [6.45, 7) is 1.25. The molecule has 2 N–H and O–H groups in total. The summed E-state index contributed by atoms with van der Waals surface area (Å²) in [4.78, 5) is 11.9. The SMILES string of the molecule is C[C@H](NC(=O)CO)[C@@H](Oc1ccc2c(cnn2-c2ccc(F)cc2)c1)c1ccc2ccccc2c1. The number of aliphatic hydroxyl groups excluding tert-OH is 1. The molecule has 5 rings (SSSR count). The molecule has 6 nitrogen and oxygen atoms in total. The molecule has 35 heavy (non-hydrogen) atoms. The van der Waals surface area contributed by atoms with E-state index in [1.807, 2.05) is 67.6 Å². The molecule has 1 amide bonds. The van der Waals surface area contributed by atoms with Gasteiger partial charge in [-0.15, -0.1) is 0 Å². The topological polar surface area (TPSA) is 76.4 Å². The smallest absolute Gasteiger partial charge is 0.246 e. The molecular formula is C28H24FN3O3. The molecule has 0 aliphatic carbocycles. The normalized spacial score (nSPS) is 13.0. The van der Waals surface area contributed by atoms with Crippen molar-refractivity contribution in [3.8, 4) is 11.4 Å². The second kappa shape index (κ2) is 9.56. The average Bonchev–Trinajstić information content (AvgIpc) is 3.30.